The van der Waals surface area contributed by atoms with Gasteiger partial charge in [0, 0.05) is 6.07 Å². The van der Waals surface area contributed by atoms with Crippen LogP contribution < -0.4 is 21.9 Å². The maximum Gasteiger partial charge on any atom is 0.277 e. The summed E-state index contributed by atoms with van der Waals surface area (Å²) in [5.74, 6) is 0.945. The lowest BCUT2D eigenvalue weighted by Gasteiger charge is -2.31. The van der Waals surface area contributed by atoms with Crippen LogP contribution in [0.15, 0.2) is 35.4 Å². The van der Waals surface area contributed by atoms with Crippen LogP contribution in [0.3, 0.4) is 0 Å². The largest absolute Gasteiger partial charge is 0.384 e. The number of nitrogens with one attached hydrogen (secondary N) is 2. The van der Waals surface area contributed by atoms with Crippen molar-refractivity contribution in [1.29, 1.82) is 0 Å². The van der Waals surface area contributed by atoms with Gasteiger partial charge in [0.2, 0.25) is 0 Å². The van der Waals surface area contributed by atoms with Gasteiger partial charge in [0.25, 0.3) is 11.5 Å². The molecule has 0 saturated carbocycles. The van der Waals surface area contributed by atoms with Crippen molar-refractivity contribution < 1.29 is 4.79 Å². The molecule has 2 unspecified atom stereocenters. The average Bonchev–Trinajstić information content (AvgIpc) is 2.87. The molecule has 0 saturated heterocycles. The van der Waals surface area contributed by atoms with Gasteiger partial charge in [-0.1, -0.05) is 33.3 Å². The monoisotopic (exact) mass is 410 g/mol. The highest BCUT2D eigenvalue weighted by atomic mass is 16.2. The van der Waals surface area contributed by atoms with Crippen LogP contribution in [0.1, 0.15) is 62.5 Å². The Kier molecular flexibility index (Phi) is 6.24. The Morgan fingerprint density at radius 3 is 2.77 bits per heavy atom. The van der Waals surface area contributed by atoms with Gasteiger partial charge >= 0.3 is 0 Å². The third-order valence-corrected chi connectivity index (χ3v) is 5.60. The summed E-state index contributed by atoms with van der Waals surface area (Å²) in [6, 6.07) is 3.24. The van der Waals surface area contributed by atoms with Gasteiger partial charge in [-0.2, -0.15) is 0 Å². The van der Waals surface area contributed by atoms with Crippen LogP contribution in [-0.2, 0) is 5.66 Å². The van der Waals surface area contributed by atoms with Crippen LogP contribution in [0.4, 0.5) is 17.3 Å². The molecule has 1 aliphatic heterocycles. The molecule has 2 aromatic heterocycles. The Labute approximate surface area is 176 Å². The van der Waals surface area contributed by atoms with E-state index < -0.39 is 5.66 Å². The van der Waals surface area contributed by atoms with Crippen molar-refractivity contribution in [3.05, 3.63) is 52.2 Å². The van der Waals surface area contributed by atoms with E-state index >= 15 is 0 Å². The lowest BCUT2D eigenvalue weighted by Crippen LogP contribution is -2.47. The number of carbonyl (C=O) groups is 1. The normalized spacial score (nSPS) is 22.0. The quantitative estimate of drug-likeness (QED) is 0.668. The number of nitrogen functional groups attached to an aromatic ring is 1. The number of nitrogens with zero attached hydrogens (tertiary/aromatic N) is 3. The van der Waals surface area contributed by atoms with Crippen molar-refractivity contribution in [2.75, 3.05) is 11.1 Å². The van der Waals surface area contributed by atoms with Gasteiger partial charge in [-0.15, -0.1) is 0 Å². The highest BCUT2D eigenvalue weighted by Gasteiger charge is 2.44. The van der Waals surface area contributed by atoms with Crippen molar-refractivity contribution >= 4 is 23.2 Å². The minimum absolute atomic E-state index is 0.214. The van der Waals surface area contributed by atoms with Crippen LogP contribution in [0, 0.1) is 12.8 Å². The first-order valence-electron chi connectivity index (χ1n) is 10.6. The molecule has 8 nitrogen and oxygen atoms in total. The Morgan fingerprint density at radius 1 is 1.30 bits per heavy atom. The van der Waals surface area contributed by atoms with E-state index in [9.17, 15) is 9.59 Å². The van der Waals surface area contributed by atoms with Crippen molar-refractivity contribution in [2.45, 2.75) is 59.0 Å². The topological polar surface area (TPSA) is 115 Å². The van der Waals surface area contributed by atoms with E-state index in [4.69, 9.17) is 5.73 Å². The Hall–Kier alpha value is -3.16. The molecule has 1 spiro atoms. The van der Waals surface area contributed by atoms with E-state index in [1.54, 1.807) is 16.7 Å². The molecule has 0 bridgehead atoms. The predicted octanol–water partition coefficient (Wildman–Crippen LogP) is 3.46. The molecular weight excluding hydrogens is 380 g/mol. The number of hydrogen-bond donors (Lipinski definition) is 3. The van der Waals surface area contributed by atoms with Crippen molar-refractivity contribution in [3.63, 3.8) is 0 Å². The molecule has 4 rings (SSSR count). The number of rotatable bonds is 3. The number of pyridine rings is 1. The first-order chi connectivity index (χ1) is 14.4. The minimum Gasteiger partial charge on any atom is -0.384 e. The molecule has 4 N–H and O–H groups in total. The Balaban J connectivity index is 0.00000124. The number of aryl methyl sites for hydroxylation is 1. The Morgan fingerprint density at radius 2 is 2.07 bits per heavy atom. The molecular formula is C22H30N6O2. The number of fused-ring (bicyclic) bond motifs is 2. The SMILES string of the molecule is CC.CCC1CCC=CC2(C1)NC(=O)c1c(C)cc(Nc3cc(N)ncn3)c(=O)n12. The fourth-order valence-electron chi connectivity index (χ4n) is 4.21. The summed E-state index contributed by atoms with van der Waals surface area (Å²) >= 11 is 0. The zero-order valence-corrected chi connectivity index (χ0v) is 18.0. The minimum atomic E-state index is -0.826. The van der Waals surface area contributed by atoms with Crippen LogP contribution >= 0.6 is 0 Å². The van der Waals surface area contributed by atoms with E-state index in [1.807, 2.05) is 26.8 Å². The van der Waals surface area contributed by atoms with E-state index in [0.29, 0.717) is 35.4 Å². The number of allylic oxidation sites excluding steroid dienone is 1. The van der Waals surface area contributed by atoms with Gasteiger partial charge in [0.1, 0.15) is 35.0 Å². The number of aromatic nitrogens is 3. The number of nitrogens with two attached hydrogens (primary N) is 1. The van der Waals surface area contributed by atoms with E-state index in [2.05, 4.69) is 33.6 Å². The van der Waals surface area contributed by atoms with Crippen LogP contribution in [0.2, 0.25) is 0 Å². The third kappa shape index (κ3) is 3.81. The van der Waals surface area contributed by atoms with Crippen molar-refractivity contribution in [2.24, 2.45) is 5.92 Å². The molecule has 160 valence electrons. The lowest BCUT2D eigenvalue weighted by molar-refractivity contribution is 0.0926. The number of anilines is 3. The van der Waals surface area contributed by atoms with E-state index in [1.165, 1.54) is 6.33 Å². The summed E-state index contributed by atoms with van der Waals surface area (Å²) in [7, 11) is 0. The first kappa shape index (κ1) is 21.5. The Bertz CT molecular complexity index is 1030. The van der Waals surface area contributed by atoms with Crippen molar-refractivity contribution in [3.8, 4) is 0 Å². The summed E-state index contributed by atoms with van der Waals surface area (Å²) in [5, 5.41) is 6.12. The highest BCUT2D eigenvalue weighted by molar-refractivity contribution is 5.97. The summed E-state index contributed by atoms with van der Waals surface area (Å²) in [6.45, 7) is 7.98. The maximum atomic E-state index is 13.4. The van der Waals surface area contributed by atoms with Crippen molar-refractivity contribution in [1.82, 2.24) is 19.9 Å². The highest BCUT2D eigenvalue weighted by Crippen LogP contribution is 2.36. The van der Waals surface area contributed by atoms with E-state index in [-0.39, 0.29) is 11.5 Å². The summed E-state index contributed by atoms with van der Waals surface area (Å²) < 4.78 is 1.61. The van der Waals surface area contributed by atoms with Crippen LogP contribution in [0.5, 0.6) is 0 Å². The lowest BCUT2D eigenvalue weighted by atomic mass is 9.91. The summed E-state index contributed by atoms with van der Waals surface area (Å²) in [5.41, 5.74) is 6.11. The number of hydrogen-bond acceptors (Lipinski definition) is 6. The maximum absolute atomic E-state index is 13.4. The molecule has 2 atom stereocenters. The molecule has 30 heavy (non-hydrogen) atoms. The molecule has 1 aliphatic carbocycles. The molecule has 0 aromatic carbocycles. The zero-order chi connectivity index (χ0) is 21.9. The smallest absolute Gasteiger partial charge is 0.277 e. The van der Waals surface area contributed by atoms with Gasteiger partial charge in [0.15, 0.2) is 0 Å². The van der Waals surface area contributed by atoms with E-state index in [0.717, 1.165) is 24.8 Å². The molecule has 0 fully saturated rings. The van der Waals surface area contributed by atoms with Crippen LogP contribution in [-0.4, -0.2) is 20.4 Å². The van der Waals surface area contributed by atoms with Gasteiger partial charge in [-0.05, 0) is 49.8 Å². The average molecular weight is 411 g/mol. The molecule has 2 aromatic rings. The second-order valence-electron chi connectivity index (χ2n) is 7.52. The standard InChI is InChI=1S/C20H24N6O2.C2H6/c1-3-13-6-4-5-7-20(10-13)25-18(27)17-12(2)8-14(19(28)26(17)20)24-16-9-15(21)22-11-23-16;1-2/h5,7-9,11,13H,3-4,6,10H2,1-2H3,(H,25,27)(H3,21,22,23,24);1-2H3. The molecule has 0 radical (unpaired) electrons. The molecule has 8 heteroatoms. The molecule has 1 amide bonds. The second kappa shape index (κ2) is 8.69. The second-order valence-corrected chi connectivity index (χ2v) is 7.52. The number of amides is 1. The fourth-order valence-corrected chi connectivity index (χ4v) is 4.21. The van der Waals surface area contributed by atoms with Crippen LogP contribution in [0.25, 0.3) is 0 Å². The first-order valence-corrected chi connectivity index (χ1v) is 10.6. The number of carbonyl (C=O) groups excluding carboxylic acids is 1. The molecule has 3 heterocycles. The predicted molar refractivity (Wildman–Crippen MR) is 119 cm³/mol. The zero-order valence-electron chi connectivity index (χ0n) is 18.0. The third-order valence-electron chi connectivity index (χ3n) is 5.60. The fraction of sp³-hybridized carbons (Fsp3) is 0.455. The summed E-state index contributed by atoms with van der Waals surface area (Å²) in [6.07, 6.45) is 9.07. The summed E-state index contributed by atoms with van der Waals surface area (Å²) in [4.78, 5) is 34.2. The van der Waals surface area contributed by atoms with Gasteiger partial charge in [-0.3, -0.25) is 14.2 Å². The van der Waals surface area contributed by atoms with Gasteiger partial charge in [-0.25, -0.2) is 9.97 Å². The van der Waals surface area contributed by atoms with Gasteiger partial charge < -0.3 is 16.4 Å². The molecule has 2 aliphatic rings. The van der Waals surface area contributed by atoms with Gasteiger partial charge in [0.05, 0.1) is 0 Å².